The number of nitrogens with one attached hydrogen (secondary N) is 1. The summed E-state index contributed by atoms with van der Waals surface area (Å²) < 4.78 is 47.3. The first-order valence-electron chi connectivity index (χ1n) is 4.28. The highest BCUT2D eigenvalue weighted by Crippen LogP contribution is 2.28. The van der Waals surface area contributed by atoms with Crippen LogP contribution in [0.5, 0.6) is 0 Å². The monoisotopic (exact) mass is 247 g/mol. The number of benzene rings is 1. The van der Waals surface area contributed by atoms with Gasteiger partial charge >= 0.3 is 0 Å². The number of hydrogen-bond donors (Lipinski definition) is 1. The van der Waals surface area contributed by atoms with E-state index in [0.717, 1.165) is 5.56 Å². The number of hydrogen-bond acceptors (Lipinski definition) is 4. The third-order valence-electron chi connectivity index (χ3n) is 2.21. The van der Waals surface area contributed by atoms with Gasteiger partial charge in [-0.3, -0.25) is 0 Å². The fourth-order valence-corrected chi connectivity index (χ4v) is 5.18. The van der Waals surface area contributed by atoms with Crippen LogP contribution in [0.3, 0.4) is 0 Å². The molecule has 7 heteroatoms. The molecule has 0 saturated heterocycles. The quantitative estimate of drug-likeness (QED) is 0.770. The molecule has 82 valence electrons. The Bertz CT molecular complexity index is 616. The molecule has 1 aliphatic heterocycles. The minimum Gasteiger partial charge on any atom is -0.206 e. The van der Waals surface area contributed by atoms with Crippen LogP contribution in [-0.2, 0) is 26.5 Å². The van der Waals surface area contributed by atoms with Crippen molar-refractivity contribution in [1.82, 2.24) is 4.13 Å². The molecule has 0 unspecified atom stereocenters. The average molecular weight is 247 g/mol. The number of aryl methyl sites for hydroxylation is 1. The lowest BCUT2D eigenvalue weighted by Crippen LogP contribution is -2.21. The highest BCUT2D eigenvalue weighted by Gasteiger charge is 2.37. The summed E-state index contributed by atoms with van der Waals surface area (Å²) in [4.78, 5) is -0.318. The molecule has 1 aromatic carbocycles. The lowest BCUT2D eigenvalue weighted by molar-refractivity contribution is 0.586. The number of sulfonamides is 2. The van der Waals surface area contributed by atoms with Gasteiger partial charge in [-0.1, -0.05) is 13.0 Å². The minimum absolute atomic E-state index is 0.151. The second kappa shape index (κ2) is 3.03. The van der Waals surface area contributed by atoms with Gasteiger partial charge in [-0.25, -0.2) is 16.8 Å². The smallest absolute Gasteiger partial charge is 0.206 e. The van der Waals surface area contributed by atoms with Crippen LogP contribution in [-0.4, -0.2) is 16.8 Å². The maximum absolute atomic E-state index is 11.4. The van der Waals surface area contributed by atoms with Crippen LogP contribution >= 0.6 is 0 Å². The third kappa shape index (κ3) is 1.56. The summed E-state index contributed by atoms with van der Waals surface area (Å²) in [6.07, 6.45) is 0.656. The molecule has 0 fully saturated rings. The second-order valence-corrected chi connectivity index (χ2v) is 6.78. The van der Waals surface area contributed by atoms with Crippen LogP contribution in [0.1, 0.15) is 12.5 Å². The number of fused-ring (bicyclic) bond motifs is 1. The van der Waals surface area contributed by atoms with Crippen LogP contribution in [0, 0.1) is 0 Å². The van der Waals surface area contributed by atoms with Gasteiger partial charge in [-0.05, 0) is 24.1 Å². The van der Waals surface area contributed by atoms with Gasteiger partial charge in [0.2, 0.25) is 0 Å². The van der Waals surface area contributed by atoms with Crippen molar-refractivity contribution >= 4 is 20.0 Å². The Morgan fingerprint density at radius 3 is 2.27 bits per heavy atom. The fraction of sp³-hybridized carbons (Fsp3) is 0.250. The van der Waals surface area contributed by atoms with Gasteiger partial charge in [0.05, 0.1) is 0 Å². The Kier molecular flexibility index (Phi) is 2.14. The van der Waals surface area contributed by atoms with E-state index in [1.165, 1.54) is 12.1 Å². The van der Waals surface area contributed by atoms with Crippen LogP contribution in [0.25, 0.3) is 0 Å². The van der Waals surface area contributed by atoms with Gasteiger partial charge in [0, 0.05) is 0 Å². The lowest BCUT2D eigenvalue weighted by atomic mass is 10.2. The predicted octanol–water partition coefficient (Wildman–Crippen LogP) is 0.230. The largest absolute Gasteiger partial charge is 0.255 e. The van der Waals surface area contributed by atoms with E-state index in [0.29, 0.717) is 6.42 Å². The first-order chi connectivity index (χ1) is 6.87. The van der Waals surface area contributed by atoms with Crippen LogP contribution < -0.4 is 4.13 Å². The van der Waals surface area contributed by atoms with E-state index < -0.39 is 20.0 Å². The third-order valence-corrected chi connectivity index (χ3v) is 5.95. The zero-order valence-electron chi connectivity index (χ0n) is 7.89. The van der Waals surface area contributed by atoms with E-state index in [1.807, 2.05) is 6.92 Å². The van der Waals surface area contributed by atoms with E-state index in [9.17, 15) is 16.8 Å². The first-order valence-corrected chi connectivity index (χ1v) is 7.25. The molecule has 1 N–H and O–H groups in total. The van der Waals surface area contributed by atoms with Crippen molar-refractivity contribution in [3.8, 4) is 0 Å². The molecule has 1 aliphatic rings. The molecule has 0 amide bonds. The second-order valence-electron chi connectivity index (χ2n) is 3.22. The van der Waals surface area contributed by atoms with Gasteiger partial charge in [0.15, 0.2) is 0 Å². The van der Waals surface area contributed by atoms with Gasteiger partial charge < -0.3 is 0 Å². The highest BCUT2D eigenvalue weighted by atomic mass is 32.3. The molecule has 0 saturated carbocycles. The topological polar surface area (TPSA) is 80.3 Å². The minimum atomic E-state index is -3.88. The van der Waals surface area contributed by atoms with Crippen molar-refractivity contribution in [2.45, 2.75) is 23.1 Å². The molecule has 15 heavy (non-hydrogen) atoms. The Morgan fingerprint density at radius 2 is 1.67 bits per heavy atom. The molecule has 2 rings (SSSR count). The van der Waals surface area contributed by atoms with Crippen molar-refractivity contribution in [3.05, 3.63) is 23.8 Å². The van der Waals surface area contributed by atoms with Crippen molar-refractivity contribution < 1.29 is 16.8 Å². The van der Waals surface area contributed by atoms with Crippen LogP contribution in [0.4, 0.5) is 0 Å². The summed E-state index contributed by atoms with van der Waals surface area (Å²) in [5.41, 5.74) is 0.788. The summed E-state index contributed by atoms with van der Waals surface area (Å²) in [5.74, 6) is 0. The Morgan fingerprint density at radius 1 is 1.07 bits per heavy atom. The molecular weight excluding hydrogens is 238 g/mol. The van der Waals surface area contributed by atoms with Crippen molar-refractivity contribution in [2.75, 3.05) is 0 Å². The van der Waals surface area contributed by atoms with E-state index in [2.05, 4.69) is 0 Å². The van der Waals surface area contributed by atoms with E-state index in [4.69, 9.17) is 0 Å². The summed E-state index contributed by atoms with van der Waals surface area (Å²) in [5, 5.41) is 0. The van der Waals surface area contributed by atoms with Crippen molar-refractivity contribution in [1.29, 1.82) is 0 Å². The molecule has 0 radical (unpaired) electrons. The van der Waals surface area contributed by atoms with E-state index >= 15 is 0 Å². The van der Waals surface area contributed by atoms with Crippen molar-refractivity contribution in [3.63, 3.8) is 0 Å². The molecule has 0 spiro atoms. The number of rotatable bonds is 1. The van der Waals surface area contributed by atoms with Gasteiger partial charge in [0.1, 0.15) is 9.79 Å². The summed E-state index contributed by atoms with van der Waals surface area (Å²) in [7, 11) is -7.76. The summed E-state index contributed by atoms with van der Waals surface area (Å²) >= 11 is 0. The maximum Gasteiger partial charge on any atom is 0.255 e. The van der Waals surface area contributed by atoms with Gasteiger partial charge in [-0.2, -0.15) is 0 Å². The molecule has 5 nitrogen and oxygen atoms in total. The fourth-order valence-electron chi connectivity index (χ4n) is 1.44. The van der Waals surface area contributed by atoms with Crippen LogP contribution in [0.15, 0.2) is 28.0 Å². The molecule has 0 bridgehead atoms. The Hall–Kier alpha value is -0.920. The van der Waals surface area contributed by atoms with Gasteiger partial charge in [0.25, 0.3) is 20.0 Å². The van der Waals surface area contributed by atoms with E-state index in [1.54, 1.807) is 10.2 Å². The molecular formula is C8H9NO4S2. The van der Waals surface area contributed by atoms with Crippen LogP contribution in [0.2, 0.25) is 0 Å². The van der Waals surface area contributed by atoms with Gasteiger partial charge in [-0.15, -0.1) is 4.13 Å². The Balaban J connectivity index is 2.83. The summed E-state index contributed by atoms with van der Waals surface area (Å²) in [6.45, 7) is 1.87. The first kappa shape index (κ1) is 10.6. The molecule has 0 aromatic heterocycles. The maximum atomic E-state index is 11.4. The Labute approximate surface area is 88.2 Å². The predicted molar refractivity (Wildman–Crippen MR) is 53.3 cm³/mol. The van der Waals surface area contributed by atoms with Crippen molar-refractivity contribution in [2.24, 2.45) is 0 Å². The lowest BCUT2D eigenvalue weighted by Gasteiger charge is -1.98. The molecule has 0 aliphatic carbocycles. The average Bonchev–Trinajstić information content (AvgIpc) is 2.32. The molecule has 1 heterocycles. The molecule has 1 aromatic rings. The summed E-state index contributed by atoms with van der Waals surface area (Å²) in [6, 6.07) is 4.32. The zero-order chi connectivity index (χ0) is 11.3. The normalized spacial score (nSPS) is 21.1. The standard InChI is InChI=1S/C8H9NO4S2/c1-2-6-3-4-7-8(5-6)15(12,13)9-14(7,10)11/h3-5,9H,2H2,1H3. The van der Waals surface area contributed by atoms with E-state index in [-0.39, 0.29) is 9.79 Å². The SMILES string of the molecule is CCc1ccc2c(c1)S(=O)(=O)NS2(=O)=O. The molecule has 0 atom stereocenters. The highest BCUT2D eigenvalue weighted by molar-refractivity contribution is 8.07. The zero-order valence-corrected chi connectivity index (χ0v) is 9.52.